The zero-order chi connectivity index (χ0) is 17.5. The lowest BCUT2D eigenvalue weighted by molar-refractivity contribution is 0.0526. The van der Waals surface area contributed by atoms with Gasteiger partial charge in [-0.1, -0.05) is 30.3 Å². The summed E-state index contributed by atoms with van der Waals surface area (Å²) in [4.78, 5) is 24.1. The number of ether oxygens (including phenoxy) is 1. The third-order valence-corrected chi connectivity index (χ3v) is 3.48. The molecule has 0 radical (unpaired) electrons. The maximum atomic E-state index is 12.1. The predicted octanol–water partition coefficient (Wildman–Crippen LogP) is 2.27. The molecule has 1 heterocycles. The predicted molar refractivity (Wildman–Crippen MR) is 91.1 cm³/mol. The average Bonchev–Trinajstić information content (AvgIpc) is 2.82. The zero-order valence-corrected chi connectivity index (χ0v) is 14.1. The van der Waals surface area contributed by atoms with E-state index < -0.39 is 5.97 Å². The van der Waals surface area contributed by atoms with Gasteiger partial charge in [0.1, 0.15) is 11.4 Å². The molecule has 2 aromatic rings. The molecule has 0 fully saturated rings. The summed E-state index contributed by atoms with van der Waals surface area (Å²) in [5, 5.41) is 9.61. The Labute approximate surface area is 141 Å². The normalized spacial score (nSPS) is 10.3. The fraction of sp³-hybridized carbons (Fsp3) is 0.353. The van der Waals surface area contributed by atoms with Crippen molar-refractivity contribution in [3.63, 3.8) is 0 Å². The van der Waals surface area contributed by atoms with Crippen LogP contribution < -0.4 is 10.6 Å². The molecule has 1 aromatic carbocycles. The van der Waals surface area contributed by atoms with Crippen LogP contribution in [0, 0.1) is 6.92 Å². The van der Waals surface area contributed by atoms with Gasteiger partial charge in [0.15, 0.2) is 0 Å². The van der Waals surface area contributed by atoms with Crippen molar-refractivity contribution in [2.45, 2.75) is 20.3 Å². The van der Waals surface area contributed by atoms with E-state index >= 15 is 0 Å². The number of carbonyl (C=O) groups is 2. The lowest BCUT2D eigenvalue weighted by Crippen LogP contribution is -2.31. The van der Waals surface area contributed by atoms with Crippen molar-refractivity contribution in [1.29, 1.82) is 0 Å². The van der Waals surface area contributed by atoms with Crippen LogP contribution in [-0.2, 0) is 18.2 Å². The van der Waals surface area contributed by atoms with Gasteiger partial charge in [-0.15, -0.1) is 0 Å². The summed E-state index contributed by atoms with van der Waals surface area (Å²) < 4.78 is 6.48. The highest BCUT2D eigenvalue weighted by atomic mass is 16.5. The molecule has 0 aliphatic heterocycles. The van der Waals surface area contributed by atoms with Crippen molar-refractivity contribution in [2.24, 2.45) is 7.05 Å². The summed E-state index contributed by atoms with van der Waals surface area (Å²) in [5.74, 6) is -0.175. The molecule has 2 N–H and O–H groups in total. The lowest BCUT2D eigenvalue weighted by Gasteiger charge is -2.10. The van der Waals surface area contributed by atoms with Gasteiger partial charge < -0.3 is 10.1 Å². The largest absolute Gasteiger partial charge is 0.462 e. The van der Waals surface area contributed by atoms with E-state index in [1.807, 2.05) is 30.3 Å². The molecule has 0 atom stereocenters. The SMILES string of the molecule is CCOC(=O)c1c(C)nn(C)c1NC(=O)NCCc1ccccc1. The van der Waals surface area contributed by atoms with Crippen LogP contribution in [0.25, 0.3) is 0 Å². The number of carbonyl (C=O) groups excluding carboxylic acids is 2. The lowest BCUT2D eigenvalue weighted by atomic mass is 10.1. The Hall–Kier alpha value is -2.83. The van der Waals surface area contributed by atoms with Crippen LogP contribution in [0.3, 0.4) is 0 Å². The number of aromatic nitrogens is 2. The average molecular weight is 330 g/mol. The standard InChI is InChI=1S/C17H22N4O3/c1-4-24-16(22)14-12(2)20-21(3)15(14)19-17(23)18-11-10-13-8-6-5-7-9-13/h5-9H,4,10-11H2,1-3H3,(H2,18,19,23). The summed E-state index contributed by atoms with van der Waals surface area (Å²) >= 11 is 0. The van der Waals surface area contributed by atoms with Gasteiger partial charge in [0.05, 0.1) is 12.3 Å². The second-order valence-electron chi connectivity index (χ2n) is 5.27. The second-order valence-corrected chi connectivity index (χ2v) is 5.27. The Morgan fingerprint density at radius 1 is 1.25 bits per heavy atom. The smallest absolute Gasteiger partial charge is 0.343 e. The Morgan fingerprint density at radius 3 is 2.62 bits per heavy atom. The van der Waals surface area contributed by atoms with Crippen LogP contribution in [0.1, 0.15) is 28.5 Å². The molecule has 0 saturated heterocycles. The van der Waals surface area contributed by atoms with Gasteiger partial charge in [-0.05, 0) is 25.8 Å². The minimum absolute atomic E-state index is 0.260. The first-order chi connectivity index (χ1) is 11.5. The van der Waals surface area contributed by atoms with Crippen molar-refractivity contribution in [3.8, 4) is 0 Å². The van der Waals surface area contributed by atoms with Gasteiger partial charge >= 0.3 is 12.0 Å². The fourth-order valence-corrected chi connectivity index (χ4v) is 2.37. The zero-order valence-electron chi connectivity index (χ0n) is 14.1. The Morgan fingerprint density at radius 2 is 1.96 bits per heavy atom. The summed E-state index contributed by atoms with van der Waals surface area (Å²) in [7, 11) is 1.66. The number of esters is 1. The molecule has 24 heavy (non-hydrogen) atoms. The molecule has 0 aliphatic rings. The highest BCUT2D eigenvalue weighted by molar-refractivity contribution is 6.00. The van der Waals surface area contributed by atoms with E-state index in [-0.39, 0.29) is 18.2 Å². The van der Waals surface area contributed by atoms with Gasteiger partial charge in [-0.2, -0.15) is 5.10 Å². The molecule has 2 amide bonds. The topological polar surface area (TPSA) is 85.2 Å². The van der Waals surface area contributed by atoms with Gasteiger partial charge in [-0.25, -0.2) is 9.59 Å². The van der Waals surface area contributed by atoms with Gasteiger partial charge in [0, 0.05) is 13.6 Å². The summed E-state index contributed by atoms with van der Waals surface area (Å²) in [5.41, 5.74) is 1.93. The first-order valence-corrected chi connectivity index (χ1v) is 7.82. The molecule has 0 spiro atoms. The molecule has 0 saturated carbocycles. The third-order valence-electron chi connectivity index (χ3n) is 3.48. The molecule has 1 aromatic heterocycles. The van der Waals surface area contributed by atoms with E-state index in [1.54, 1.807) is 20.9 Å². The quantitative estimate of drug-likeness (QED) is 0.796. The number of hydrogen-bond donors (Lipinski definition) is 2. The van der Waals surface area contributed by atoms with Crippen LogP contribution >= 0.6 is 0 Å². The maximum Gasteiger partial charge on any atom is 0.343 e. The number of benzene rings is 1. The van der Waals surface area contributed by atoms with Crippen LogP contribution in [0.4, 0.5) is 10.6 Å². The first kappa shape index (κ1) is 17.5. The minimum atomic E-state index is -0.498. The Kier molecular flexibility index (Phi) is 5.95. The summed E-state index contributed by atoms with van der Waals surface area (Å²) in [6, 6.07) is 9.48. The summed E-state index contributed by atoms with van der Waals surface area (Å²) in [6.45, 7) is 4.18. The van der Waals surface area contributed by atoms with E-state index in [1.165, 1.54) is 4.68 Å². The number of urea groups is 1. The maximum absolute atomic E-state index is 12.1. The number of amides is 2. The number of anilines is 1. The number of nitrogens with zero attached hydrogens (tertiary/aromatic N) is 2. The molecule has 2 rings (SSSR count). The van der Waals surface area contributed by atoms with Crippen LogP contribution in [0.15, 0.2) is 30.3 Å². The van der Waals surface area contributed by atoms with Crippen molar-refractivity contribution >= 4 is 17.8 Å². The molecule has 128 valence electrons. The molecule has 0 aliphatic carbocycles. The molecule has 0 unspecified atom stereocenters. The number of hydrogen-bond acceptors (Lipinski definition) is 4. The van der Waals surface area contributed by atoms with Gasteiger partial charge in [-0.3, -0.25) is 10.00 Å². The van der Waals surface area contributed by atoms with E-state index in [0.29, 0.717) is 18.1 Å². The molecule has 7 nitrogen and oxygen atoms in total. The van der Waals surface area contributed by atoms with Gasteiger partial charge in [0.2, 0.25) is 0 Å². The van der Waals surface area contributed by atoms with Crippen LogP contribution in [0.2, 0.25) is 0 Å². The second kappa shape index (κ2) is 8.14. The van der Waals surface area contributed by atoms with Crippen molar-refractivity contribution < 1.29 is 14.3 Å². The molecule has 0 bridgehead atoms. The van der Waals surface area contributed by atoms with E-state index in [2.05, 4.69) is 15.7 Å². The van der Waals surface area contributed by atoms with Crippen molar-refractivity contribution in [3.05, 3.63) is 47.2 Å². The third kappa shape index (κ3) is 4.34. The number of aryl methyl sites for hydroxylation is 2. The highest BCUT2D eigenvalue weighted by Crippen LogP contribution is 2.19. The molecular formula is C17H22N4O3. The summed E-state index contributed by atoms with van der Waals surface area (Å²) in [6.07, 6.45) is 0.726. The Bertz CT molecular complexity index is 710. The monoisotopic (exact) mass is 330 g/mol. The number of rotatable bonds is 6. The molecule has 7 heteroatoms. The first-order valence-electron chi connectivity index (χ1n) is 7.82. The van der Waals surface area contributed by atoms with Crippen LogP contribution in [0.5, 0.6) is 0 Å². The number of nitrogens with one attached hydrogen (secondary N) is 2. The van der Waals surface area contributed by atoms with E-state index in [4.69, 9.17) is 4.74 Å². The molecular weight excluding hydrogens is 308 g/mol. The highest BCUT2D eigenvalue weighted by Gasteiger charge is 2.22. The van der Waals surface area contributed by atoms with Crippen molar-refractivity contribution in [1.82, 2.24) is 15.1 Å². The van der Waals surface area contributed by atoms with Crippen LogP contribution in [-0.4, -0.2) is 34.9 Å². The van der Waals surface area contributed by atoms with Crippen molar-refractivity contribution in [2.75, 3.05) is 18.5 Å². The Balaban J connectivity index is 1.97. The van der Waals surface area contributed by atoms with Gasteiger partial charge in [0.25, 0.3) is 0 Å². The van der Waals surface area contributed by atoms with E-state index in [9.17, 15) is 9.59 Å². The van der Waals surface area contributed by atoms with E-state index in [0.717, 1.165) is 12.0 Å². The fourth-order valence-electron chi connectivity index (χ4n) is 2.37. The minimum Gasteiger partial charge on any atom is -0.462 e.